The van der Waals surface area contributed by atoms with E-state index in [2.05, 4.69) is 38.4 Å². The number of hydrazine groups is 1. The van der Waals surface area contributed by atoms with Crippen LogP contribution in [0.15, 0.2) is 4.99 Å². The first-order valence-electron chi connectivity index (χ1n) is 8.11. The Morgan fingerprint density at radius 1 is 1.05 bits per heavy atom. The third-order valence-corrected chi connectivity index (χ3v) is 4.67. The van der Waals surface area contributed by atoms with Crippen LogP contribution in [0, 0.1) is 10.8 Å². The molecule has 2 rings (SSSR count). The Kier molecular flexibility index (Phi) is 4.62. The summed E-state index contributed by atoms with van der Waals surface area (Å²) in [5.41, 5.74) is 3.53. The Balaban J connectivity index is 1.99. The lowest BCUT2D eigenvalue weighted by Gasteiger charge is -2.45. The van der Waals surface area contributed by atoms with Gasteiger partial charge in [-0.25, -0.2) is 10.8 Å². The number of hydrogen-bond acceptors (Lipinski definition) is 2. The van der Waals surface area contributed by atoms with Gasteiger partial charge >= 0.3 is 0 Å². The number of nitrogens with one attached hydrogen (secondary N) is 2. The van der Waals surface area contributed by atoms with Crippen molar-refractivity contribution in [3.8, 4) is 0 Å². The molecule has 2 aliphatic carbocycles. The maximum atomic E-state index is 5.66. The summed E-state index contributed by atoms with van der Waals surface area (Å²) in [5, 5.41) is 3.56. The molecule has 0 atom stereocenters. The van der Waals surface area contributed by atoms with Gasteiger partial charge in [0.25, 0.3) is 0 Å². The van der Waals surface area contributed by atoms with Crippen molar-refractivity contribution in [1.82, 2.24) is 10.7 Å². The Hall–Kier alpha value is -0.770. The molecule has 0 bridgehead atoms. The van der Waals surface area contributed by atoms with Crippen LogP contribution in [0.25, 0.3) is 0 Å². The smallest absolute Gasteiger partial charge is 0.206 e. The predicted octanol–water partition coefficient (Wildman–Crippen LogP) is 2.94. The van der Waals surface area contributed by atoms with Crippen molar-refractivity contribution in [2.45, 2.75) is 84.7 Å². The molecule has 0 aliphatic heterocycles. The molecule has 0 aromatic heterocycles. The van der Waals surface area contributed by atoms with Crippen molar-refractivity contribution >= 4 is 5.96 Å². The maximum Gasteiger partial charge on any atom is 0.206 e. The van der Waals surface area contributed by atoms with Gasteiger partial charge in [0, 0.05) is 6.04 Å². The molecule has 0 aromatic rings. The van der Waals surface area contributed by atoms with Crippen LogP contribution in [-0.2, 0) is 0 Å². The third-order valence-electron chi connectivity index (χ3n) is 4.67. The standard InChI is InChI=1S/C16H32N4/c1-15(2)9-13(10-16(3,4)11-15)19-14(20-17)18-12-7-5-6-8-12/h12-13H,5-11,17H2,1-4H3,(H2,18,19,20). The van der Waals surface area contributed by atoms with Crippen molar-refractivity contribution in [2.75, 3.05) is 0 Å². The monoisotopic (exact) mass is 280 g/mol. The molecule has 2 fully saturated rings. The average Bonchev–Trinajstić information content (AvgIpc) is 2.76. The van der Waals surface area contributed by atoms with E-state index in [-0.39, 0.29) is 0 Å². The highest BCUT2D eigenvalue weighted by Crippen LogP contribution is 2.45. The van der Waals surface area contributed by atoms with Crippen molar-refractivity contribution in [3.63, 3.8) is 0 Å². The zero-order valence-electron chi connectivity index (χ0n) is 13.6. The lowest BCUT2D eigenvalue weighted by Crippen LogP contribution is -2.51. The highest BCUT2D eigenvalue weighted by Gasteiger charge is 2.38. The van der Waals surface area contributed by atoms with Gasteiger partial charge in [-0.05, 0) is 42.9 Å². The summed E-state index contributed by atoms with van der Waals surface area (Å²) in [7, 11) is 0. The fourth-order valence-electron chi connectivity index (χ4n) is 4.47. The SMILES string of the molecule is CC1(C)CC(NC(=NC2CCCC2)NN)CC(C)(C)C1. The van der Waals surface area contributed by atoms with Gasteiger partial charge in [0.2, 0.25) is 5.96 Å². The summed E-state index contributed by atoms with van der Waals surface area (Å²) in [6.45, 7) is 9.47. The lowest BCUT2D eigenvalue weighted by molar-refractivity contribution is 0.0918. The van der Waals surface area contributed by atoms with Gasteiger partial charge in [0.1, 0.15) is 0 Å². The number of rotatable bonds is 2. The molecule has 0 saturated heterocycles. The molecule has 0 spiro atoms. The van der Waals surface area contributed by atoms with E-state index < -0.39 is 0 Å². The first-order valence-corrected chi connectivity index (χ1v) is 8.11. The van der Waals surface area contributed by atoms with Gasteiger partial charge in [0.05, 0.1) is 6.04 Å². The zero-order valence-corrected chi connectivity index (χ0v) is 13.6. The van der Waals surface area contributed by atoms with Gasteiger partial charge in [0.15, 0.2) is 0 Å². The molecule has 2 aliphatic rings. The second kappa shape index (κ2) is 5.92. The average molecular weight is 280 g/mol. The summed E-state index contributed by atoms with van der Waals surface area (Å²) in [6, 6.07) is 0.920. The molecule has 0 aromatic carbocycles. The van der Waals surface area contributed by atoms with Crippen molar-refractivity contribution in [3.05, 3.63) is 0 Å². The maximum absolute atomic E-state index is 5.66. The predicted molar refractivity (Wildman–Crippen MR) is 85.4 cm³/mol. The van der Waals surface area contributed by atoms with Crippen molar-refractivity contribution < 1.29 is 0 Å². The van der Waals surface area contributed by atoms with Crippen LogP contribution >= 0.6 is 0 Å². The van der Waals surface area contributed by atoms with E-state index in [4.69, 9.17) is 10.8 Å². The summed E-state index contributed by atoms with van der Waals surface area (Å²) >= 11 is 0. The Morgan fingerprint density at radius 2 is 1.60 bits per heavy atom. The van der Waals surface area contributed by atoms with E-state index in [1.54, 1.807) is 0 Å². The summed E-state index contributed by atoms with van der Waals surface area (Å²) < 4.78 is 0. The molecule has 4 heteroatoms. The molecule has 0 radical (unpaired) electrons. The highest BCUT2D eigenvalue weighted by molar-refractivity contribution is 5.79. The van der Waals surface area contributed by atoms with Gasteiger partial charge < -0.3 is 5.32 Å². The molecule has 0 heterocycles. The number of aliphatic imine (C=N–C) groups is 1. The molecule has 4 N–H and O–H groups in total. The summed E-state index contributed by atoms with van der Waals surface area (Å²) in [4.78, 5) is 4.75. The number of nitrogens with zero attached hydrogens (tertiary/aromatic N) is 1. The van der Waals surface area contributed by atoms with Gasteiger partial charge in [-0.2, -0.15) is 0 Å². The van der Waals surface area contributed by atoms with Crippen LogP contribution in [-0.4, -0.2) is 18.0 Å². The van der Waals surface area contributed by atoms with E-state index in [0.29, 0.717) is 22.9 Å². The van der Waals surface area contributed by atoms with Crippen LogP contribution in [0.4, 0.5) is 0 Å². The third kappa shape index (κ3) is 4.37. The normalized spacial score (nSPS) is 27.6. The van der Waals surface area contributed by atoms with E-state index in [0.717, 1.165) is 5.96 Å². The Bertz CT molecular complexity index is 337. The fraction of sp³-hybridized carbons (Fsp3) is 0.938. The molecule has 116 valence electrons. The zero-order chi connectivity index (χ0) is 14.8. The van der Waals surface area contributed by atoms with Crippen LogP contribution in [0.3, 0.4) is 0 Å². The number of guanidine groups is 1. The molecule has 4 nitrogen and oxygen atoms in total. The topological polar surface area (TPSA) is 62.4 Å². The Morgan fingerprint density at radius 3 is 2.10 bits per heavy atom. The largest absolute Gasteiger partial charge is 0.353 e. The minimum absolute atomic E-state index is 0.381. The lowest BCUT2D eigenvalue weighted by atomic mass is 9.63. The molecular weight excluding hydrogens is 248 g/mol. The van der Waals surface area contributed by atoms with Crippen molar-refractivity contribution in [2.24, 2.45) is 21.7 Å². The van der Waals surface area contributed by atoms with Crippen LogP contribution in [0.2, 0.25) is 0 Å². The van der Waals surface area contributed by atoms with Gasteiger partial charge in [-0.15, -0.1) is 0 Å². The van der Waals surface area contributed by atoms with Crippen molar-refractivity contribution in [1.29, 1.82) is 0 Å². The van der Waals surface area contributed by atoms with Crippen LogP contribution in [0.5, 0.6) is 0 Å². The van der Waals surface area contributed by atoms with E-state index >= 15 is 0 Å². The van der Waals surface area contributed by atoms with Crippen LogP contribution in [0.1, 0.15) is 72.6 Å². The number of hydrogen-bond donors (Lipinski definition) is 3. The quantitative estimate of drug-likeness (QED) is 0.315. The fourth-order valence-corrected chi connectivity index (χ4v) is 4.47. The second-order valence-electron chi connectivity index (χ2n) is 8.32. The van der Waals surface area contributed by atoms with E-state index in [9.17, 15) is 0 Å². The minimum atomic E-state index is 0.381. The molecular formula is C16H32N4. The summed E-state index contributed by atoms with van der Waals surface area (Å²) in [6.07, 6.45) is 8.65. The van der Waals surface area contributed by atoms with Gasteiger partial charge in [-0.3, -0.25) is 5.43 Å². The van der Waals surface area contributed by atoms with E-state index in [1.165, 1.54) is 44.9 Å². The summed E-state index contributed by atoms with van der Waals surface area (Å²) in [5.74, 6) is 6.45. The first kappa shape index (κ1) is 15.6. The van der Waals surface area contributed by atoms with Crippen LogP contribution < -0.4 is 16.6 Å². The molecule has 2 saturated carbocycles. The van der Waals surface area contributed by atoms with Gasteiger partial charge in [-0.1, -0.05) is 40.5 Å². The highest BCUT2D eigenvalue weighted by atomic mass is 15.3. The molecule has 0 unspecified atom stereocenters. The van der Waals surface area contributed by atoms with E-state index in [1.807, 2.05) is 0 Å². The molecule has 0 amide bonds. The second-order valence-corrected chi connectivity index (χ2v) is 8.32. The Labute approximate surface area is 124 Å². The first-order chi connectivity index (χ1) is 9.30. The number of nitrogens with two attached hydrogens (primary N) is 1. The minimum Gasteiger partial charge on any atom is -0.353 e. The molecule has 20 heavy (non-hydrogen) atoms.